The lowest BCUT2D eigenvalue weighted by Crippen LogP contribution is -2.14. The van der Waals surface area contributed by atoms with Gasteiger partial charge in [0.1, 0.15) is 6.10 Å². The molecule has 0 unspecified atom stereocenters. The van der Waals surface area contributed by atoms with E-state index in [1.807, 2.05) is 0 Å². The molecular weight excluding hydrogens is 208 g/mol. The van der Waals surface area contributed by atoms with Crippen molar-refractivity contribution < 1.29 is 14.6 Å². The Balaban J connectivity index is 2.16. The molecule has 1 aromatic rings. The van der Waals surface area contributed by atoms with Gasteiger partial charge in [-0.15, -0.1) is 0 Å². The smallest absolute Gasteiger partial charge is 0.354 e. The van der Waals surface area contributed by atoms with Crippen molar-refractivity contribution in [2.75, 3.05) is 0 Å². The van der Waals surface area contributed by atoms with Crippen molar-refractivity contribution in [3.05, 3.63) is 17.5 Å². The number of carboxylic acid groups (broad SMARTS) is 1. The van der Waals surface area contributed by atoms with E-state index in [9.17, 15) is 4.79 Å². The van der Waals surface area contributed by atoms with E-state index in [-0.39, 0.29) is 17.8 Å². The zero-order valence-electron chi connectivity index (χ0n) is 9.14. The van der Waals surface area contributed by atoms with E-state index >= 15 is 0 Å². The molecule has 0 spiro atoms. The van der Waals surface area contributed by atoms with Gasteiger partial charge in [-0.1, -0.05) is 0 Å². The number of rotatable bonds is 3. The number of hydrogen-bond donors (Lipinski definition) is 1. The van der Waals surface area contributed by atoms with Crippen LogP contribution >= 0.6 is 0 Å². The Morgan fingerprint density at radius 3 is 2.75 bits per heavy atom. The summed E-state index contributed by atoms with van der Waals surface area (Å²) in [7, 11) is 0. The molecule has 0 atom stereocenters. The molecule has 0 bridgehead atoms. The van der Waals surface area contributed by atoms with Crippen molar-refractivity contribution in [2.45, 2.75) is 38.7 Å². The normalized spacial score (nSPS) is 16.3. The van der Waals surface area contributed by atoms with Crippen LogP contribution in [-0.2, 0) is 0 Å². The number of carbonyl (C=O) groups is 1. The molecule has 1 fully saturated rings. The third-order valence-corrected chi connectivity index (χ3v) is 2.63. The molecule has 86 valence electrons. The molecule has 0 radical (unpaired) electrons. The third kappa shape index (κ3) is 2.48. The van der Waals surface area contributed by atoms with Gasteiger partial charge in [0.25, 0.3) is 0 Å². The molecular formula is C11H14N2O3. The fourth-order valence-corrected chi connectivity index (χ4v) is 1.86. The molecule has 16 heavy (non-hydrogen) atoms. The first-order valence-electron chi connectivity index (χ1n) is 5.41. The Morgan fingerprint density at radius 1 is 1.44 bits per heavy atom. The molecule has 5 nitrogen and oxygen atoms in total. The summed E-state index contributed by atoms with van der Waals surface area (Å²) in [4.78, 5) is 18.7. The van der Waals surface area contributed by atoms with Gasteiger partial charge >= 0.3 is 12.0 Å². The fourth-order valence-electron chi connectivity index (χ4n) is 1.86. The summed E-state index contributed by atoms with van der Waals surface area (Å²) in [6.07, 6.45) is 4.45. The molecule has 0 aromatic carbocycles. The van der Waals surface area contributed by atoms with Gasteiger partial charge in [-0.25, -0.2) is 9.78 Å². The highest BCUT2D eigenvalue weighted by atomic mass is 16.5. The maximum Gasteiger partial charge on any atom is 0.354 e. The Bertz CT molecular complexity index is 400. The van der Waals surface area contributed by atoms with E-state index in [4.69, 9.17) is 9.84 Å². The third-order valence-electron chi connectivity index (χ3n) is 2.63. The molecule has 1 aliphatic carbocycles. The summed E-state index contributed by atoms with van der Waals surface area (Å²) in [5.41, 5.74) is 0.598. The van der Waals surface area contributed by atoms with E-state index in [0.29, 0.717) is 5.69 Å². The summed E-state index contributed by atoms with van der Waals surface area (Å²) < 4.78 is 5.56. The minimum Gasteiger partial charge on any atom is -0.477 e. The van der Waals surface area contributed by atoms with Gasteiger partial charge in [0.2, 0.25) is 0 Å². The van der Waals surface area contributed by atoms with Gasteiger partial charge in [-0.2, -0.15) is 4.98 Å². The Kier molecular flexibility index (Phi) is 3.03. The maximum absolute atomic E-state index is 10.8. The molecule has 0 aliphatic heterocycles. The second kappa shape index (κ2) is 4.47. The molecule has 1 N–H and O–H groups in total. The summed E-state index contributed by atoms with van der Waals surface area (Å²) in [5, 5.41) is 8.85. The Morgan fingerprint density at radius 2 is 2.12 bits per heavy atom. The number of aromatic nitrogens is 2. The van der Waals surface area contributed by atoms with Gasteiger partial charge in [-0.05, 0) is 38.7 Å². The summed E-state index contributed by atoms with van der Waals surface area (Å²) in [6, 6.07) is 1.62. The minimum absolute atomic E-state index is 0.0134. The highest BCUT2D eigenvalue weighted by molar-refractivity contribution is 5.85. The largest absolute Gasteiger partial charge is 0.477 e. The van der Waals surface area contributed by atoms with Crippen LogP contribution in [0.5, 0.6) is 6.01 Å². The zero-order chi connectivity index (χ0) is 11.5. The quantitative estimate of drug-likeness (QED) is 0.844. The van der Waals surface area contributed by atoms with E-state index < -0.39 is 5.97 Å². The molecule has 1 aromatic heterocycles. The highest BCUT2D eigenvalue weighted by Crippen LogP contribution is 2.22. The molecule has 1 saturated carbocycles. The Labute approximate surface area is 93.5 Å². The summed E-state index contributed by atoms with van der Waals surface area (Å²) in [6.45, 7) is 1.73. The molecule has 1 aliphatic rings. The number of aryl methyl sites for hydroxylation is 1. The highest BCUT2D eigenvalue weighted by Gasteiger charge is 2.18. The maximum atomic E-state index is 10.8. The van der Waals surface area contributed by atoms with Crippen LogP contribution in [0.1, 0.15) is 41.9 Å². The van der Waals surface area contributed by atoms with Crippen molar-refractivity contribution in [2.24, 2.45) is 0 Å². The Hall–Kier alpha value is -1.65. The first-order chi connectivity index (χ1) is 7.65. The van der Waals surface area contributed by atoms with Crippen molar-refractivity contribution in [1.29, 1.82) is 0 Å². The predicted octanol–water partition coefficient (Wildman–Crippen LogP) is 1.80. The first kappa shape index (κ1) is 10.9. The monoisotopic (exact) mass is 222 g/mol. The van der Waals surface area contributed by atoms with Crippen LogP contribution in [0.15, 0.2) is 6.07 Å². The van der Waals surface area contributed by atoms with Crippen LogP contribution in [0.3, 0.4) is 0 Å². The van der Waals surface area contributed by atoms with Crippen molar-refractivity contribution in [3.63, 3.8) is 0 Å². The van der Waals surface area contributed by atoms with Crippen LogP contribution in [0.25, 0.3) is 0 Å². The second-order valence-corrected chi connectivity index (χ2v) is 4.01. The van der Waals surface area contributed by atoms with Crippen molar-refractivity contribution in [3.8, 4) is 6.01 Å². The molecule has 0 saturated heterocycles. The molecule has 5 heteroatoms. The van der Waals surface area contributed by atoms with Gasteiger partial charge in [0, 0.05) is 5.69 Å². The van der Waals surface area contributed by atoms with Crippen LogP contribution in [0, 0.1) is 6.92 Å². The number of nitrogens with zero attached hydrogens (tertiary/aromatic N) is 2. The second-order valence-electron chi connectivity index (χ2n) is 4.01. The van der Waals surface area contributed by atoms with Crippen molar-refractivity contribution in [1.82, 2.24) is 9.97 Å². The van der Waals surface area contributed by atoms with Crippen molar-refractivity contribution >= 4 is 5.97 Å². The lowest BCUT2D eigenvalue weighted by atomic mass is 10.3. The average molecular weight is 222 g/mol. The van der Waals surface area contributed by atoms with Gasteiger partial charge in [0.05, 0.1) is 0 Å². The lowest BCUT2D eigenvalue weighted by molar-refractivity contribution is 0.0687. The van der Waals surface area contributed by atoms with Gasteiger partial charge in [-0.3, -0.25) is 0 Å². The molecule has 1 heterocycles. The molecule has 0 amide bonds. The first-order valence-corrected chi connectivity index (χ1v) is 5.41. The molecule has 2 rings (SSSR count). The standard InChI is InChI=1S/C11H14N2O3/c1-7-6-9(10(14)15)13-11(12-7)16-8-4-2-3-5-8/h6,8H,2-5H2,1H3,(H,14,15). The number of aromatic carboxylic acids is 1. The lowest BCUT2D eigenvalue weighted by Gasteiger charge is -2.11. The minimum atomic E-state index is -1.05. The van der Waals surface area contributed by atoms with E-state index in [1.165, 1.54) is 6.07 Å². The number of ether oxygens (including phenoxy) is 1. The summed E-state index contributed by atoms with van der Waals surface area (Å²) >= 11 is 0. The zero-order valence-corrected chi connectivity index (χ0v) is 9.14. The fraction of sp³-hybridized carbons (Fsp3) is 0.545. The van der Waals surface area contributed by atoms with Crippen LogP contribution in [-0.4, -0.2) is 27.1 Å². The average Bonchev–Trinajstić information content (AvgIpc) is 2.69. The SMILES string of the molecule is Cc1cc(C(=O)O)nc(OC2CCCC2)n1. The van der Waals surface area contributed by atoms with Gasteiger partial charge < -0.3 is 9.84 Å². The number of carboxylic acids is 1. The predicted molar refractivity (Wildman–Crippen MR) is 56.6 cm³/mol. The van der Waals surface area contributed by atoms with Crippen LogP contribution in [0.4, 0.5) is 0 Å². The topological polar surface area (TPSA) is 72.3 Å². The number of hydrogen-bond acceptors (Lipinski definition) is 4. The van der Waals surface area contributed by atoms with Crippen LogP contribution in [0.2, 0.25) is 0 Å². The van der Waals surface area contributed by atoms with Crippen LogP contribution < -0.4 is 4.74 Å². The van der Waals surface area contributed by atoms with E-state index in [1.54, 1.807) is 6.92 Å². The van der Waals surface area contributed by atoms with Gasteiger partial charge in [0.15, 0.2) is 5.69 Å². The van der Waals surface area contributed by atoms with E-state index in [0.717, 1.165) is 25.7 Å². The van der Waals surface area contributed by atoms with E-state index in [2.05, 4.69) is 9.97 Å². The summed E-state index contributed by atoms with van der Waals surface area (Å²) in [5.74, 6) is -1.05.